The van der Waals surface area contributed by atoms with E-state index in [1.165, 1.54) is 13.4 Å². The summed E-state index contributed by atoms with van der Waals surface area (Å²) in [6.45, 7) is 0. The molecule has 0 amide bonds. The average molecular weight is 182 g/mol. The predicted octanol–water partition coefficient (Wildman–Crippen LogP) is -0.443. The SMILES string of the molecule is COc1ccoc1-n1nn[nH]c1=O. The Hall–Kier alpha value is -2.05. The van der Waals surface area contributed by atoms with Gasteiger partial charge in [-0.3, -0.25) is 0 Å². The number of ether oxygens (including phenoxy) is 1. The van der Waals surface area contributed by atoms with E-state index in [-0.39, 0.29) is 5.88 Å². The summed E-state index contributed by atoms with van der Waals surface area (Å²) in [7, 11) is 1.47. The third-order valence-corrected chi connectivity index (χ3v) is 1.49. The molecule has 2 rings (SSSR count). The number of tetrazole rings is 1. The maximum absolute atomic E-state index is 11.1. The Balaban J connectivity index is 2.58. The van der Waals surface area contributed by atoms with Gasteiger partial charge in [-0.25, -0.2) is 9.89 Å². The van der Waals surface area contributed by atoms with Gasteiger partial charge in [0.25, 0.3) is 5.88 Å². The van der Waals surface area contributed by atoms with Crippen LogP contribution in [0.4, 0.5) is 0 Å². The molecular weight excluding hydrogens is 176 g/mol. The van der Waals surface area contributed by atoms with Crippen molar-refractivity contribution in [3.8, 4) is 11.6 Å². The van der Waals surface area contributed by atoms with Crippen LogP contribution in [0.1, 0.15) is 0 Å². The molecule has 7 nitrogen and oxygen atoms in total. The molecule has 0 bridgehead atoms. The number of methoxy groups -OCH3 is 1. The number of nitrogens with one attached hydrogen (secondary N) is 1. The van der Waals surface area contributed by atoms with Crippen molar-refractivity contribution < 1.29 is 9.15 Å². The molecular formula is C6H6N4O3. The molecule has 0 aliphatic rings. The zero-order valence-corrected chi connectivity index (χ0v) is 6.72. The molecule has 0 radical (unpaired) electrons. The largest absolute Gasteiger partial charge is 0.491 e. The van der Waals surface area contributed by atoms with Crippen molar-refractivity contribution in [3.05, 3.63) is 22.8 Å². The Kier molecular flexibility index (Phi) is 1.62. The maximum Gasteiger partial charge on any atom is 0.368 e. The Labute approximate surface area is 71.9 Å². The van der Waals surface area contributed by atoms with Crippen molar-refractivity contribution in [1.82, 2.24) is 20.2 Å². The van der Waals surface area contributed by atoms with Gasteiger partial charge in [-0.1, -0.05) is 0 Å². The van der Waals surface area contributed by atoms with E-state index < -0.39 is 5.69 Å². The number of aromatic nitrogens is 4. The van der Waals surface area contributed by atoms with Gasteiger partial charge >= 0.3 is 5.69 Å². The van der Waals surface area contributed by atoms with Gasteiger partial charge in [0.2, 0.25) is 0 Å². The van der Waals surface area contributed by atoms with Crippen molar-refractivity contribution in [1.29, 1.82) is 0 Å². The van der Waals surface area contributed by atoms with Crippen LogP contribution in [0.3, 0.4) is 0 Å². The number of rotatable bonds is 2. The summed E-state index contributed by atoms with van der Waals surface area (Å²) < 4.78 is 10.9. The maximum atomic E-state index is 11.1. The van der Waals surface area contributed by atoms with Crippen LogP contribution in [-0.4, -0.2) is 27.3 Å². The van der Waals surface area contributed by atoms with E-state index in [0.717, 1.165) is 4.68 Å². The van der Waals surface area contributed by atoms with Gasteiger partial charge in [0.1, 0.15) is 0 Å². The van der Waals surface area contributed by atoms with Crippen molar-refractivity contribution >= 4 is 0 Å². The fourth-order valence-corrected chi connectivity index (χ4v) is 0.930. The highest BCUT2D eigenvalue weighted by Gasteiger charge is 2.12. The number of H-pyrrole nitrogens is 1. The highest BCUT2D eigenvalue weighted by atomic mass is 16.5. The second-order valence-electron chi connectivity index (χ2n) is 2.21. The zero-order valence-electron chi connectivity index (χ0n) is 6.72. The Bertz CT molecular complexity index is 454. The first-order valence-electron chi connectivity index (χ1n) is 3.45. The topological polar surface area (TPSA) is 85.9 Å². The van der Waals surface area contributed by atoms with E-state index >= 15 is 0 Å². The molecule has 0 spiro atoms. The van der Waals surface area contributed by atoms with Crippen LogP contribution >= 0.6 is 0 Å². The first-order valence-corrected chi connectivity index (χ1v) is 3.45. The number of furan rings is 1. The standard InChI is InChI=1S/C6H6N4O3/c1-12-4-2-3-13-5(4)10-6(11)7-8-9-10/h2-3H,1H3,(H,7,9,11). The summed E-state index contributed by atoms with van der Waals surface area (Å²) in [4.78, 5) is 11.1. The van der Waals surface area contributed by atoms with E-state index in [9.17, 15) is 4.79 Å². The van der Waals surface area contributed by atoms with Crippen molar-refractivity contribution in [2.45, 2.75) is 0 Å². The van der Waals surface area contributed by atoms with Gasteiger partial charge in [0, 0.05) is 6.07 Å². The lowest BCUT2D eigenvalue weighted by atomic mass is 10.5. The minimum Gasteiger partial charge on any atom is -0.491 e. The van der Waals surface area contributed by atoms with Gasteiger partial charge < -0.3 is 9.15 Å². The molecule has 0 saturated carbocycles. The molecule has 2 aromatic heterocycles. The minimum absolute atomic E-state index is 0.209. The van der Waals surface area contributed by atoms with Crippen molar-refractivity contribution in [2.75, 3.05) is 7.11 Å². The molecule has 7 heteroatoms. The number of aromatic amines is 1. The molecule has 2 heterocycles. The van der Waals surface area contributed by atoms with Crippen molar-refractivity contribution in [2.24, 2.45) is 0 Å². The molecule has 0 unspecified atom stereocenters. The molecule has 0 aliphatic carbocycles. The lowest BCUT2D eigenvalue weighted by Gasteiger charge is -1.96. The second-order valence-corrected chi connectivity index (χ2v) is 2.21. The fourth-order valence-electron chi connectivity index (χ4n) is 0.930. The summed E-state index contributed by atoms with van der Waals surface area (Å²) in [5, 5.41) is 8.94. The van der Waals surface area contributed by atoms with E-state index in [0.29, 0.717) is 5.75 Å². The molecule has 0 aromatic carbocycles. The van der Waals surface area contributed by atoms with Crippen LogP contribution < -0.4 is 10.4 Å². The van der Waals surface area contributed by atoms with Gasteiger partial charge in [0.15, 0.2) is 5.75 Å². The highest BCUT2D eigenvalue weighted by Crippen LogP contribution is 2.20. The summed E-state index contributed by atoms with van der Waals surface area (Å²) in [5.74, 6) is 0.636. The smallest absolute Gasteiger partial charge is 0.368 e. The molecule has 2 aromatic rings. The lowest BCUT2D eigenvalue weighted by molar-refractivity contribution is 0.396. The molecule has 0 fully saturated rings. The van der Waals surface area contributed by atoms with E-state index in [1.807, 2.05) is 0 Å². The average Bonchev–Trinajstić information content (AvgIpc) is 2.71. The monoisotopic (exact) mass is 182 g/mol. The lowest BCUT2D eigenvalue weighted by Crippen LogP contribution is -2.15. The molecule has 0 aliphatic heterocycles. The fraction of sp³-hybridized carbons (Fsp3) is 0.167. The first-order chi connectivity index (χ1) is 6.33. The Morgan fingerprint density at radius 2 is 2.54 bits per heavy atom. The molecule has 13 heavy (non-hydrogen) atoms. The summed E-state index contributed by atoms with van der Waals surface area (Å²) >= 11 is 0. The molecule has 0 atom stereocenters. The van der Waals surface area contributed by atoms with Crippen LogP contribution in [0.2, 0.25) is 0 Å². The van der Waals surface area contributed by atoms with E-state index in [2.05, 4.69) is 15.5 Å². The second kappa shape index (κ2) is 2.77. The normalized spacial score (nSPS) is 10.2. The van der Waals surface area contributed by atoms with Crippen LogP contribution in [0.5, 0.6) is 5.75 Å². The Morgan fingerprint density at radius 1 is 1.69 bits per heavy atom. The minimum atomic E-state index is -0.478. The zero-order chi connectivity index (χ0) is 9.26. The third kappa shape index (κ3) is 1.10. The molecule has 68 valence electrons. The van der Waals surface area contributed by atoms with Gasteiger partial charge in [-0.2, -0.15) is 0 Å². The summed E-state index contributed by atoms with van der Waals surface area (Å²) in [5.41, 5.74) is -0.478. The van der Waals surface area contributed by atoms with Gasteiger partial charge in [-0.05, 0) is 10.4 Å². The molecule has 1 N–H and O–H groups in total. The summed E-state index contributed by atoms with van der Waals surface area (Å²) in [6, 6.07) is 1.58. The molecule has 0 saturated heterocycles. The van der Waals surface area contributed by atoms with Crippen LogP contribution in [0.15, 0.2) is 21.5 Å². The van der Waals surface area contributed by atoms with Crippen molar-refractivity contribution in [3.63, 3.8) is 0 Å². The van der Waals surface area contributed by atoms with E-state index in [1.54, 1.807) is 6.07 Å². The highest BCUT2D eigenvalue weighted by molar-refractivity contribution is 5.35. The van der Waals surface area contributed by atoms with Crippen LogP contribution in [0.25, 0.3) is 5.88 Å². The van der Waals surface area contributed by atoms with Gasteiger partial charge in [0.05, 0.1) is 13.4 Å². The quantitative estimate of drug-likeness (QED) is 0.680. The Morgan fingerprint density at radius 3 is 3.15 bits per heavy atom. The third-order valence-electron chi connectivity index (χ3n) is 1.49. The first kappa shape index (κ1) is 7.59. The number of hydrogen-bond donors (Lipinski definition) is 1. The predicted molar refractivity (Wildman–Crippen MR) is 40.8 cm³/mol. The van der Waals surface area contributed by atoms with E-state index in [4.69, 9.17) is 9.15 Å². The van der Waals surface area contributed by atoms with Crippen LogP contribution in [-0.2, 0) is 0 Å². The van der Waals surface area contributed by atoms with Gasteiger partial charge in [-0.15, -0.1) is 4.68 Å². The van der Waals surface area contributed by atoms with Crippen LogP contribution in [0, 0.1) is 0 Å². The summed E-state index contributed by atoms with van der Waals surface area (Å²) in [6.07, 6.45) is 1.40. The number of nitrogens with zero attached hydrogens (tertiary/aromatic N) is 3. The number of hydrogen-bond acceptors (Lipinski definition) is 5.